The molecule has 1 aromatic carbocycles. The van der Waals surface area contributed by atoms with Gasteiger partial charge in [0.25, 0.3) is 0 Å². The van der Waals surface area contributed by atoms with Crippen molar-refractivity contribution < 1.29 is 4.74 Å². The molecule has 0 N–H and O–H groups in total. The standard InChI is InChI=1S/C10H13Cl2NOS/c1-13(3-4-15)9-6-7(11)5-8(12)10(9)14-2/h5-6,15H,3-4H2,1-2H3. The lowest BCUT2D eigenvalue weighted by Crippen LogP contribution is -2.20. The number of benzene rings is 1. The van der Waals surface area contributed by atoms with E-state index in [-0.39, 0.29) is 0 Å². The van der Waals surface area contributed by atoms with Gasteiger partial charge in [0, 0.05) is 24.4 Å². The van der Waals surface area contributed by atoms with E-state index in [1.807, 2.05) is 18.0 Å². The Balaban J connectivity index is 3.13. The van der Waals surface area contributed by atoms with E-state index in [9.17, 15) is 0 Å². The van der Waals surface area contributed by atoms with Gasteiger partial charge >= 0.3 is 0 Å². The van der Waals surface area contributed by atoms with Crippen LogP contribution in [0, 0.1) is 0 Å². The third kappa shape index (κ3) is 3.10. The van der Waals surface area contributed by atoms with E-state index < -0.39 is 0 Å². The van der Waals surface area contributed by atoms with Crippen LogP contribution in [0.4, 0.5) is 5.69 Å². The van der Waals surface area contributed by atoms with Crippen LogP contribution in [0.15, 0.2) is 12.1 Å². The third-order valence-electron chi connectivity index (χ3n) is 2.04. The smallest absolute Gasteiger partial charge is 0.160 e. The molecular weight excluding hydrogens is 253 g/mol. The van der Waals surface area contributed by atoms with Crippen LogP contribution in [-0.2, 0) is 0 Å². The van der Waals surface area contributed by atoms with E-state index in [1.165, 1.54) is 0 Å². The van der Waals surface area contributed by atoms with Gasteiger partial charge in [-0.25, -0.2) is 0 Å². The summed E-state index contributed by atoms with van der Waals surface area (Å²) in [5, 5.41) is 1.12. The second-order valence-corrected chi connectivity index (χ2v) is 4.38. The lowest BCUT2D eigenvalue weighted by atomic mass is 10.2. The average Bonchev–Trinajstić information content (AvgIpc) is 2.17. The molecule has 1 aromatic rings. The molecule has 1 rings (SSSR count). The molecule has 0 amide bonds. The molecule has 0 spiro atoms. The van der Waals surface area contributed by atoms with Crippen LogP contribution in [0.2, 0.25) is 10.0 Å². The number of anilines is 1. The molecule has 0 aliphatic carbocycles. The first-order valence-electron chi connectivity index (χ1n) is 4.45. The number of hydrogen-bond donors (Lipinski definition) is 1. The molecule has 0 radical (unpaired) electrons. The van der Waals surface area contributed by atoms with Crippen molar-refractivity contribution in [1.29, 1.82) is 0 Å². The minimum Gasteiger partial charge on any atom is -0.493 e. The van der Waals surface area contributed by atoms with Gasteiger partial charge in [0.2, 0.25) is 0 Å². The second-order valence-electron chi connectivity index (χ2n) is 3.09. The lowest BCUT2D eigenvalue weighted by molar-refractivity contribution is 0.415. The van der Waals surface area contributed by atoms with Crippen molar-refractivity contribution in [2.24, 2.45) is 0 Å². The maximum atomic E-state index is 6.02. The third-order valence-corrected chi connectivity index (χ3v) is 2.74. The molecule has 0 aromatic heterocycles. The van der Waals surface area contributed by atoms with Crippen molar-refractivity contribution in [3.63, 3.8) is 0 Å². The van der Waals surface area contributed by atoms with Crippen LogP contribution < -0.4 is 9.64 Å². The summed E-state index contributed by atoms with van der Waals surface area (Å²) in [7, 11) is 3.54. The largest absolute Gasteiger partial charge is 0.493 e. The molecule has 15 heavy (non-hydrogen) atoms. The Bertz CT molecular complexity index is 346. The van der Waals surface area contributed by atoms with Crippen molar-refractivity contribution in [2.45, 2.75) is 0 Å². The molecular formula is C10H13Cl2NOS. The minimum absolute atomic E-state index is 0.519. The molecule has 0 unspecified atom stereocenters. The first kappa shape index (κ1) is 12.8. The molecule has 0 aliphatic heterocycles. The summed E-state index contributed by atoms with van der Waals surface area (Å²) in [5.41, 5.74) is 0.879. The van der Waals surface area contributed by atoms with E-state index >= 15 is 0 Å². The predicted molar refractivity (Wildman–Crippen MR) is 70.1 cm³/mol. The Morgan fingerprint density at radius 1 is 1.40 bits per heavy atom. The highest BCUT2D eigenvalue weighted by atomic mass is 35.5. The van der Waals surface area contributed by atoms with Gasteiger partial charge in [0.15, 0.2) is 5.75 Å². The molecule has 0 heterocycles. The second kappa shape index (κ2) is 5.73. The zero-order valence-electron chi connectivity index (χ0n) is 8.63. The highest BCUT2D eigenvalue weighted by Gasteiger charge is 2.12. The first-order valence-corrected chi connectivity index (χ1v) is 5.84. The van der Waals surface area contributed by atoms with E-state index in [2.05, 4.69) is 12.6 Å². The van der Waals surface area contributed by atoms with Gasteiger partial charge < -0.3 is 9.64 Å². The number of halogens is 2. The summed E-state index contributed by atoms with van der Waals surface area (Å²) in [6.45, 7) is 0.802. The van der Waals surface area contributed by atoms with E-state index in [4.69, 9.17) is 27.9 Å². The van der Waals surface area contributed by atoms with Crippen LogP contribution in [0.25, 0.3) is 0 Å². The highest BCUT2D eigenvalue weighted by molar-refractivity contribution is 7.80. The monoisotopic (exact) mass is 265 g/mol. The highest BCUT2D eigenvalue weighted by Crippen LogP contribution is 2.37. The Labute approximate surface area is 106 Å². The zero-order valence-corrected chi connectivity index (χ0v) is 11.0. The molecule has 0 saturated heterocycles. The summed E-state index contributed by atoms with van der Waals surface area (Å²) in [6.07, 6.45) is 0. The normalized spacial score (nSPS) is 10.2. The fourth-order valence-corrected chi connectivity index (χ4v) is 2.16. The SMILES string of the molecule is COc1c(Cl)cc(Cl)cc1N(C)CCS. The number of thiol groups is 1. The van der Waals surface area contributed by atoms with Crippen LogP contribution in [0.1, 0.15) is 0 Å². The summed E-state index contributed by atoms with van der Waals surface area (Å²) in [5.74, 6) is 1.40. The lowest BCUT2D eigenvalue weighted by Gasteiger charge is -2.21. The Morgan fingerprint density at radius 2 is 2.07 bits per heavy atom. The molecule has 84 valence electrons. The van der Waals surface area contributed by atoms with Crippen LogP contribution in [0.5, 0.6) is 5.75 Å². The topological polar surface area (TPSA) is 12.5 Å². The zero-order chi connectivity index (χ0) is 11.4. The Morgan fingerprint density at radius 3 is 2.60 bits per heavy atom. The molecule has 0 bridgehead atoms. The number of rotatable bonds is 4. The van der Waals surface area contributed by atoms with Crippen LogP contribution >= 0.6 is 35.8 Å². The average molecular weight is 266 g/mol. The fourth-order valence-electron chi connectivity index (χ4n) is 1.30. The molecule has 5 heteroatoms. The van der Waals surface area contributed by atoms with Crippen LogP contribution in [-0.4, -0.2) is 26.5 Å². The van der Waals surface area contributed by atoms with E-state index in [0.29, 0.717) is 15.8 Å². The van der Waals surface area contributed by atoms with E-state index in [1.54, 1.807) is 13.2 Å². The van der Waals surface area contributed by atoms with Gasteiger partial charge in [-0.1, -0.05) is 23.2 Å². The van der Waals surface area contributed by atoms with Crippen molar-refractivity contribution in [3.05, 3.63) is 22.2 Å². The summed E-state index contributed by atoms with van der Waals surface area (Å²) in [4.78, 5) is 2.00. The first-order chi connectivity index (χ1) is 7.10. The Kier molecular flexibility index (Phi) is 4.90. The van der Waals surface area contributed by atoms with Crippen molar-refractivity contribution in [2.75, 3.05) is 31.4 Å². The number of methoxy groups -OCH3 is 1. The maximum absolute atomic E-state index is 6.02. The van der Waals surface area contributed by atoms with Crippen LogP contribution in [0.3, 0.4) is 0 Å². The van der Waals surface area contributed by atoms with Gasteiger partial charge in [0.1, 0.15) is 0 Å². The van der Waals surface area contributed by atoms with Gasteiger partial charge in [-0.2, -0.15) is 12.6 Å². The fraction of sp³-hybridized carbons (Fsp3) is 0.400. The number of nitrogens with zero attached hydrogens (tertiary/aromatic N) is 1. The van der Waals surface area contributed by atoms with E-state index in [0.717, 1.165) is 18.0 Å². The molecule has 0 saturated carbocycles. The van der Waals surface area contributed by atoms with Crippen molar-refractivity contribution in [3.8, 4) is 5.75 Å². The number of ether oxygens (including phenoxy) is 1. The summed E-state index contributed by atoms with van der Waals surface area (Å²) >= 11 is 16.1. The molecule has 0 aliphatic rings. The quantitative estimate of drug-likeness (QED) is 0.839. The molecule has 0 fully saturated rings. The van der Waals surface area contributed by atoms with Gasteiger partial charge in [-0.05, 0) is 12.1 Å². The van der Waals surface area contributed by atoms with Crippen molar-refractivity contribution in [1.82, 2.24) is 0 Å². The van der Waals surface area contributed by atoms with Crippen molar-refractivity contribution >= 4 is 41.5 Å². The van der Waals surface area contributed by atoms with Gasteiger partial charge in [-0.3, -0.25) is 0 Å². The number of hydrogen-bond acceptors (Lipinski definition) is 3. The van der Waals surface area contributed by atoms with Gasteiger partial charge in [0.05, 0.1) is 17.8 Å². The molecule has 0 atom stereocenters. The van der Waals surface area contributed by atoms with Gasteiger partial charge in [-0.15, -0.1) is 0 Å². The minimum atomic E-state index is 0.519. The molecule has 2 nitrogen and oxygen atoms in total. The summed E-state index contributed by atoms with van der Waals surface area (Å²) in [6, 6.07) is 3.50. The maximum Gasteiger partial charge on any atom is 0.160 e. The summed E-state index contributed by atoms with van der Waals surface area (Å²) < 4.78 is 5.24. The predicted octanol–water partition coefficient (Wildman–Crippen LogP) is 3.37. The Hall–Kier alpha value is -0.250.